The first-order chi connectivity index (χ1) is 9.09. The fourth-order valence-electron chi connectivity index (χ4n) is 2.93. The van der Waals surface area contributed by atoms with Gasteiger partial charge in [-0.05, 0) is 24.7 Å². The summed E-state index contributed by atoms with van der Waals surface area (Å²) in [6.07, 6.45) is 5.88. The number of hydrogen-bond donors (Lipinski definition) is 2. The molecule has 0 aromatic heterocycles. The monoisotopic (exact) mass is 262 g/mol. The van der Waals surface area contributed by atoms with Crippen molar-refractivity contribution in [3.63, 3.8) is 0 Å². The smallest absolute Gasteiger partial charge is 0.0635 e. The molecule has 0 aromatic carbocycles. The average Bonchev–Trinajstić information content (AvgIpc) is 2.49. The zero-order valence-electron chi connectivity index (χ0n) is 12.2. The van der Waals surface area contributed by atoms with E-state index in [0.29, 0.717) is 30.3 Å². The molecule has 0 amide bonds. The summed E-state index contributed by atoms with van der Waals surface area (Å²) in [5.74, 6) is 0. The van der Waals surface area contributed by atoms with Crippen LogP contribution in [0.3, 0.4) is 0 Å². The van der Waals surface area contributed by atoms with Gasteiger partial charge in [0.2, 0.25) is 0 Å². The van der Waals surface area contributed by atoms with Gasteiger partial charge in [0.15, 0.2) is 0 Å². The van der Waals surface area contributed by atoms with Crippen LogP contribution >= 0.6 is 0 Å². The van der Waals surface area contributed by atoms with Gasteiger partial charge in [0.05, 0.1) is 12.1 Å². The minimum atomic E-state index is 0.357. The molecule has 0 heterocycles. The maximum absolute atomic E-state index is 8.65. The fraction of sp³-hybridized carbons (Fsp3) is 0.867. The summed E-state index contributed by atoms with van der Waals surface area (Å²) in [4.78, 5) is 0. The Labute approximate surface area is 117 Å². The van der Waals surface area contributed by atoms with E-state index in [4.69, 9.17) is 10.5 Å². The molecule has 2 unspecified atom stereocenters. The van der Waals surface area contributed by atoms with Gasteiger partial charge in [0, 0.05) is 38.0 Å². The van der Waals surface area contributed by atoms with Crippen molar-refractivity contribution < 1.29 is 0 Å². The zero-order chi connectivity index (χ0) is 14.1. The van der Waals surface area contributed by atoms with Crippen molar-refractivity contribution in [1.29, 1.82) is 10.5 Å². The van der Waals surface area contributed by atoms with Gasteiger partial charge < -0.3 is 10.6 Å². The molecule has 1 saturated carbocycles. The summed E-state index contributed by atoms with van der Waals surface area (Å²) in [6, 6.07) is 5.20. The molecule has 0 saturated heterocycles. The highest BCUT2D eigenvalue weighted by molar-refractivity contribution is 4.91. The average molecular weight is 262 g/mol. The molecule has 0 aromatic rings. The van der Waals surface area contributed by atoms with Gasteiger partial charge >= 0.3 is 0 Å². The van der Waals surface area contributed by atoms with E-state index in [1.165, 1.54) is 12.8 Å². The van der Waals surface area contributed by atoms with Crippen molar-refractivity contribution in [2.75, 3.05) is 13.1 Å². The normalized spacial score (nSPS) is 26.1. The van der Waals surface area contributed by atoms with E-state index < -0.39 is 0 Å². The molecular weight excluding hydrogens is 236 g/mol. The maximum atomic E-state index is 8.65. The summed E-state index contributed by atoms with van der Waals surface area (Å²) in [5, 5.41) is 24.3. The van der Waals surface area contributed by atoms with Crippen LogP contribution in [0.2, 0.25) is 0 Å². The largest absolute Gasteiger partial charge is 0.311 e. The minimum absolute atomic E-state index is 0.357. The SMILES string of the molecule is CC1(C)CCCC(NCCC#N)C(NCCC#N)C1. The fourth-order valence-corrected chi connectivity index (χ4v) is 2.93. The summed E-state index contributed by atoms with van der Waals surface area (Å²) >= 11 is 0. The van der Waals surface area contributed by atoms with Crippen LogP contribution in [-0.4, -0.2) is 25.2 Å². The Morgan fingerprint density at radius 1 is 1.05 bits per heavy atom. The molecule has 2 N–H and O–H groups in total. The van der Waals surface area contributed by atoms with E-state index >= 15 is 0 Å². The number of nitriles is 2. The Balaban J connectivity index is 2.57. The van der Waals surface area contributed by atoms with E-state index in [2.05, 4.69) is 36.6 Å². The summed E-state index contributed by atoms with van der Waals surface area (Å²) in [6.45, 7) is 6.17. The Kier molecular flexibility index (Phi) is 6.84. The van der Waals surface area contributed by atoms with Crippen LogP contribution in [0, 0.1) is 28.1 Å². The van der Waals surface area contributed by atoms with Crippen LogP contribution in [0.5, 0.6) is 0 Å². The first-order valence-electron chi connectivity index (χ1n) is 7.30. The molecule has 1 aliphatic rings. The molecule has 0 spiro atoms. The lowest BCUT2D eigenvalue weighted by Crippen LogP contribution is -2.49. The van der Waals surface area contributed by atoms with Gasteiger partial charge in [-0.15, -0.1) is 0 Å². The predicted molar refractivity (Wildman–Crippen MR) is 76.3 cm³/mol. The second-order valence-electron chi connectivity index (χ2n) is 6.20. The maximum Gasteiger partial charge on any atom is 0.0635 e. The molecule has 0 bridgehead atoms. The van der Waals surface area contributed by atoms with Gasteiger partial charge in [-0.2, -0.15) is 10.5 Å². The van der Waals surface area contributed by atoms with Gasteiger partial charge in [-0.1, -0.05) is 20.3 Å². The second kappa shape index (κ2) is 8.15. The molecule has 4 nitrogen and oxygen atoms in total. The van der Waals surface area contributed by atoms with E-state index in [1.807, 2.05) is 0 Å². The lowest BCUT2D eigenvalue weighted by Gasteiger charge is -2.31. The molecule has 0 radical (unpaired) electrons. The first kappa shape index (κ1) is 16.0. The molecular formula is C15H26N4. The molecule has 106 valence electrons. The van der Waals surface area contributed by atoms with Crippen molar-refractivity contribution in [3.8, 4) is 12.1 Å². The van der Waals surface area contributed by atoms with E-state index in [0.717, 1.165) is 25.9 Å². The Hall–Kier alpha value is -1.10. The highest BCUT2D eigenvalue weighted by atomic mass is 15.0. The van der Waals surface area contributed by atoms with Gasteiger partial charge in [-0.3, -0.25) is 0 Å². The molecule has 1 fully saturated rings. The van der Waals surface area contributed by atoms with Crippen LogP contribution in [0.4, 0.5) is 0 Å². The minimum Gasteiger partial charge on any atom is -0.311 e. The molecule has 1 rings (SSSR count). The Morgan fingerprint density at radius 2 is 1.63 bits per heavy atom. The molecule has 4 heteroatoms. The molecule has 0 aliphatic heterocycles. The standard InChI is InChI=1S/C15H26N4/c1-15(2)7-3-6-13(18-10-4-8-16)14(12-15)19-11-5-9-17/h13-14,18-19H,3-7,10-12H2,1-2H3. The van der Waals surface area contributed by atoms with Crippen molar-refractivity contribution in [2.24, 2.45) is 5.41 Å². The molecule has 1 aliphatic carbocycles. The van der Waals surface area contributed by atoms with Crippen LogP contribution < -0.4 is 10.6 Å². The van der Waals surface area contributed by atoms with Crippen molar-refractivity contribution in [2.45, 2.75) is 64.5 Å². The predicted octanol–water partition coefficient (Wildman–Crippen LogP) is 2.33. The van der Waals surface area contributed by atoms with E-state index in [9.17, 15) is 0 Å². The highest BCUT2D eigenvalue weighted by Crippen LogP contribution is 2.34. The highest BCUT2D eigenvalue weighted by Gasteiger charge is 2.31. The van der Waals surface area contributed by atoms with Crippen LogP contribution in [-0.2, 0) is 0 Å². The van der Waals surface area contributed by atoms with Crippen LogP contribution in [0.1, 0.15) is 52.4 Å². The lowest BCUT2D eigenvalue weighted by molar-refractivity contribution is 0.262. The third-order valence-electron chi connectivity index (χ3n) is 3.91. The summed E-state index contributed by atoms with van der Waals surface area (Å²) in [7, 11) is 0. The topological polar surface area (TPSA) is 71.6 Å². The zero-order valence-corrected chi connectivity index (χ0v) is 12.2. The Morgan fingerprint density at radius 3 is 2.21 bits per heavy atom. The van der Waals surface area contributed by atoms with E-state index in [-0.39, 0.29) is 0 Å². The number of hydrogen-bond acceptors (Lipinski definition) is 4. The Bertz CT molecular complexity index is 337. The number of nitrogens with zero attached hydrogens (tertiary/aromatic N) is 2. The van der Waals surface area contributed by atoms with Gasteiger partial charge in [-0.25, -0.2) is 0 Å². The summed E-state index contributed by atoms with van der Waals surface area (Å²) < 4.78 is 0. The first-order valence-corrected chi connectivity index (χ1v) is 7.30. The lowest BCUT2D eigenvalue weighted by atomic mass is 9.83. The third kappa shape index (κ3) is 6.05. The number of nitrogens with one attached hydrogen (secondary N) is 2. The number of rotatable bonds is 6. The molecule has 2 atom stereocenters. The van der Waals surface area contributed by atoms with Crippen molar-refractivity contribution in [1.82, 2.24) is 10.6 Å². The molecule has 19 heavy (non-hydrogen) atoms. The van der Waals surface area contributed by atoms with Crippen LogP contribution in [0.25, 0.3) is 0 Å². The van der Waals surface area contributed by atoms with Crippen LogP contribution in [0.15, 0.2) is 0 Å². The van der Waals surface area contributed by atoms with Gasteiger partial charge in [0.1, 0.15) is 0 Å². The third-order valence-corrected chi connectivity index (χ3v) is 3.91. The second-order valence-corrected chi connectivity index (χ2v) is 6.20. The van der Waals surface area contributed by atoms with Crippen molar-refractivity contribution in [3.05, 3.63) is 0 Å². The quantitative estimate of drug-likeness (QED) is 0.569. The van der Waals surface area contributed by atoms with E-state index in [1.54, 1.807) is 0 Å². The van der Waals surface area contributed by atoms with Gasteiger partial charge in [0.25, 0.3) is 0 Å². The summed E-state index contributed by atoms with van der Waals surface area (Å²) in [5.41, 5.74) is 0.357. The van der Waals surface area contributed by atoms with Crippen molar-refractivity contribution >= 4 is 0 Å².